The highest BCUT2D eigenvalue weighted by molar-refractivity contribution is 5.21. The van der Waals surface area contributed by atoms with Crippen LogP contribution in [-0.2, 0) is 4.74 Å². The standard InChI is InChI=1S/C18H28O3/c1-3-5-6-7-11-14-18(17(19)15-20-4-2)21-16-12-9-8-10-13-16/h4,8-10,12-13,17-19H,2-3,5-7,11,14-15H2,1H3. The number of unbranched alkanes of at least 4 members (excludes halogenated alkanes) is 4. The van der Waals surface area contributed by atoms with Gasteiger partial charge in [-0.15, -0.1) is 0 Å². The van der Waals surface area contributed by atoms with Gasteiger partial charge in [0.1, 0.15) is 24.6 Å². The van der Waals surface area contributed by atoms with Gasteiger partial charge in [-0.3, -0.25) is 0 Å². The van der Waals surface area contributed by atoms with Gasteiger partial charge < -0.3 is 14.6 Å². The average molecular weight is 292 g/mol. The minimum atomic E-state index is -0.644. The van der Waals surface area contributed by atoms with Crippen LogP contribution in [0, 0.1) is 0 Å². The lowest BCUT2D eigenvalue weighted by Crippen LogP contribution is -2.35. The Balaban J connectivity index is 2.46. The molecular weight excluding hydrogens is 264 g/mol. The maximum atomic E-state index is 10.2. The molecule has 2 atom stereocenters. The molecule has 0 heterocycles. The van der Waals surface area contributed by atoms with Crippen LogP contribution in [0.2, 0.25) is 0 Å². The van der Waals surface area contributed by atoms with Crippen LogP contribution < -0.4 is 4.74 Å². The lowest BCUT2D eigenvalue weighted by molar-refractivity contribution is -0.00925. The second-order valence-electron chi connectivity index (χ2n) is 5.24. The number of para-hydroxylation sites is 1. The van der Waals surface area contributed by atoms with E-state index in [0.29, 0.717) is 0 Å². The third-order valence-corrected chi connectivity index (χ3v) is 3.44. The zero-order valence-electron chi connectivity index (χ0n) is 13.0. The predicted molar refractivity (Wildman–Crippen MR) is 86.4 cm³/mol. The van der Waals surface area contributed by atoms with E-state index < -0.39 is 6.10 Å². The van der Waals surface area contributed by atoms with Crippen molar-refractivity contribution >= 4 is 0 Å². The largest absolute Gasteiger partial charge is 0.499 e. The van der Waals surface area contributed by atoms with E-state index >= 15 is 0 Å². The van der Waals surface area contributed by atoms with Crippen molar-refractivity contribution in [3.8, 4) is 5.75 Å². The molecule has 118 valence electrons. The minimum Gasteiger partial charge on any atom is -0.499 e. The summed E-state index contributed by atoms with van der Waals surface area (Å²) in [5, 5.41) is 10.2. The second kappa shape index (κ2) is 11.2. The lowest BCUT2D eigenvalue weighted by atomic mass is 10.0. The van der Waals surface area contributed by atoms with Gasteiger partial charge in [0.2, 0.25) is 0 Å². The molecule has 0 bridgehead atoms. The Hall–Kier alpha value is -1.48. The molecule has 1 aromatic rings. The molecular formula is C18H28O3. The normalized spacial score (nSPS) is 13.4. The molecule has 21 heavy (non-hydrogen) atoms. The van der Waals surface area contributed by atoms with Gasteiger partial charge in [-0.1, -0.05) is 57.4 Å². The Kier molecular flexibility index (Phi) is 9.38. The predicted octanol–water partition coefficient (Wildman–Crippen LogP) is 4.32. The van der Waals surface area contributed by atoms with E-state index in [1.807, 2.05) is 30.3 Å². The third kappa shape index (κ3) is 7.76. The minimum absolute atomic E-state index is 0.218. The number of aliphatic hydroxyl groups is 1. The quantitative estimate of drug-likeness (QED) is 0.461. The van der Waals surface area contributed by atoms with E-state index in [0.717, 1.165) is 18.6 Å². The van der Waals surface area contributed by atoms with Gasteiger partial charge in [0.25, 0.3) is 0 Å². The first-order chi connectivity index (χ1) is 10.3. The zero-order chi connectivity index (χ0) is 15.3. The summed E-state index contributed by atoms with van der Waals surface area (Å²) in [6.07, 6.45) is 7.29. The smallest absolute Gasteiger partial charge is 0.128 e. The van der Waals surface area contributed by atoms with Gasteiger partial charge in [0, 0.05) is 0 Å². The number of aliphatic hydroxyl groups excluding tert-OH is 1. The van der Waals surface area contributed by atoms with E-state index in [2.05, 4.69) is 13.5 Å². The Morgan fingerprint density at radius 1 is 1.14 bits per heavy atom. The summed E-state index contributed by atoms with van der Waals surface area (Å²) in [4.78, 5) is 0. The van der Waals surface area contributed by atoms with Gasteiger partial charge in [0.05, 0.1) is 6.26 Å². The SMILES string of the molecule is C=COCC(O)C(CCCCCCC)Oc1ccccc1. The highest BCUT2D eigenvalue weighted by Crippen LogP contribution is 2.18. The Labute approximate surface area is 128 Å². The Morgan fingerprint density at radius 2 is 1.86 bits per heavy atom. The molecule has 1 aromatic carbocycles. The fourth-order valence-corrected chi connectivity index (χ4v) is 2.23. The van der Waals surface area contributed by atoms with Crippen molar-refractivity contribution in [2.24, 2.45) is 0 Å². The van der Waals surface area contributed by atoms with Gasteiger partial charge in [-0.2, -0.15) is 0 Å². The highest BCUT2D eigenvalue weighted by Gasteiger charge is 2.21. The van der Waals surface area contributed by atoms with Crippen LogP contribution in [0.4, 0.5) is 0 Å². The number of hydrogen-bond acceptors (Lipinski definition) is 3. The molecule has 0 saturated carbocycles. The summed E-state index contributed by atoms with van der Waals surface area (Å²) in [5.41, 5.74) is 0. The Bertz CT molecular complexity index is 364. The lowest BCUT2D eigenvalue weighted by Gasteiger charge is -2.24. The first-order valence-electron chi connectivity index (χ1n) is 7.90. The van der Waals surface area contributed by atoms with Crippen LogP contribution in [-0.4, -0.2) is 23.9 Å². The zero-order valence-corrected chi connectivity index (χ0v) is 13.0. The van der Waals surface area contributed by atoms with E-state index in [-0.39, 0.29) is 12.7 Å². The van der Waals surface area contributed by atoms with E-state index in [1.54, 1.807) is 0 Å². The fraction of sp³-hybridized carbons (Fsp3) is 0.556. The molecule has 3 nitrogen and oxygen atoms in total. The van der Waals surface area contributed by atoms with Crippen molar-refractivity contribution in [3.05, 3.63) is 43.2 Å². The van der Waals surface area contributed by atoms with Crippen LogP contribution in [0.15, 0.2) is 43.2 Å². The second-order valence-corrected chi connectivity index (χ2v) is 5.24. The molecule has 0 spiro atoms. The van der Waals surface area contributed by atoms with Crippen LogP contribution in [0.25, 0.3) is 0 Å². The summed E-state index contributed by atoms with van der Waals surface area (Å²) in [6, 6.07) is 9.63. The van der Waals surface area contributed by atoms with Crippen LogP contribution in [0.5, 0.6) is 5.75 Å². The molecule has 0 amide bonds. The third-order valence-electron chi connectivity index (χ3n) is 3.44. The first-order valence-corrected chi connectivity index (χ1v) is 7.90. The molecule has 0 saturated heterocycles. The topological polar surface area (TPSA) is 38.7 Å². The molecule has 0 aliphatic carbocycles. The van der Waals surface area contributed by atoms with E-state index in [1.165, 1.54) is 31.9 Å². The van der Waals surface area contributed by atoms with E-state index in [9.17, 15) is 5.11 Å². The number of rotatable bonds is 12. The molecule has 0 aromatic heterocycles. The monoisotopic (exact) mass is 292 g/mol. The van der Waals surface area contributed by atoms with Gasteiger partial charge in [-0.05, 0) is 25.0 Å². The van der Waals surface area contributed by atoms with Gasteiger partial charge in [0.15, 0.2) is 0 Å². The molecule has 2 unspecified atom stereocenters. The summed E-state index contributed by atoms with van der Waals surface area (Å²) in [7, 11) is 0. The number of benzene rings is 1. The van der Waals surface area contributed by atoms with Crippen molar-refractivity contribution < 1.29 is 14.6 Å². The number of hydrogen-bond donors (Lipinski definition) is 1. The molecule has 0 aliphatic heterocycles. The van der Waals surface area contributed by atoms with Crippen molar-refractivity contribution in [1.82, 2.24) is 0 Å². The van der Waals surface area contributed by atoms with Gasteiger partial charge >= 0.3 is 0 Å². The summed E-state index contributed by atoms with van der Waals surface area (Å²) >= 11 is 0. The maximum Gasteiger partial charge on any atom is 0.128 e. The van der Waals surface area contributed by atoms with Crippen LogP contribution >= 0.6 is 0 Å². The first kappa shape index (κ1) is 17.6. The van der Waals surface area contributed by atoms with Crippen molar-refractivity contribution in [1.29, 1.82) is 0 Å². The van der Waals surface area contributed by atoms with E-state index in [4.69, 9.17) is 9.47 Å². The average Bonchev–Trinajstić information content (AvgIpc) is 2.52. The van der Waals surface area contributed by atoms with Crippen LogP contribution in [0.3, 0.4) is 0 Å². The van der Waals surface area contributed by atoms with Crippen molar-refractivity contribution in [2.75, 3.05) is 6.61 Å². The van der Waals surface area contributed by atoms with Crippen molar-refractivity contribution in [3.63, 3.8) is 0 Å². The van der Waals surface area contributed by atoms with Crippen LogP contribution in [0.1, 0.15) is 45.4 Å². The van der Waals surface area contributed by atoms with Gasteiger partial charge in [-0.25, -0.2) is 0 Å². The number of ether oxygens (including phenoxy) is 2. The molecule has 0 fully saturated rings. The maximum absolute atomic E-state index is 10.2. The Morgan fingerprint density at radius 3 is 2.52 bits per heavy atom. The molecule has 0 radical (unpaired) electrons. The molecule has 1 N–H and O–H groups in total. The summed E-state index contributed by atoms with van der Waals surface area (Å²) in [5.74, 6) is 0.786. The molecule has 0 aliphatic rings. The summed E-state index contributed by atoms with van der Waals surface area (Å²) < 4.78 is 11.0. The fourth-order valence-electron chi connectivity index (χ4n) is 2.23. The molecule has 3 heteroatoms. The van der Waals surface area contributed by atoms with Crippen molar-refractivity contribution in [2.45, 2.75) is 57.7 Å². The summed E-state index contributed by atoms with van der Waals surface area (Å²) in [6.45, 7) is 5.92. The highest BCUT2D eigenvalue weighted by atomic mass is 16.5. The molecule has 1 rings (SSSR count).